The van der Waals surface area contributed by atoms with Gasteiger partial charge in [-0.3, -0.25) is 4.79 Å². The Morgan fingerprint density at radius 3 is 3.00 bits per heavy atom. The summed E-state index contributed by atoms with van der Waals surface area (Å²) in [4.78, 5) is 17.7. The quantitative estimate of drug-likeness (QED) is 0.889. The van der Waals surface area contributed by atoms with E-state index in [4.69, 9.17) is 10.2 Å². The molecule has 1 aliphatic rings. The number of carbonyl (C=O) groups is 1. The second-order valence-corrected chi connectivity index (χ2v) is 4.63. The molecule has 2 aromatic rings. The summed E-state index contributed by atoms with van der Waals surface area (Å²) < 4.78 is 5.25. The lowest BCUT2D eigenvalue weighted by Crippen LogP contribution is -2.30. The van der Waals surface area contributed by atoms with Gasteiger partial charge in [0, 0.05) is 24.7 Å². The predicted octanol–water partition coefficient (Wildman–Crippen LogP) is 1.71. The highest BCUT2D eigenvalue weighted by molar-refractivity contribution is 5.96. The fraction of sp³-hybridized carbons (Fsp3) is 0.286. The van der Waals surface area contributed by atoms with Crippen LogP contribution in [-0.2, 0) is 17.8 Å². The molecule has 1 amide bonds. The van der Waals surface area contributed by atoms with Gasteiger partial charge in [-0.1, -0.05) is 6.07 Å². The summed E-state index contributed by atoms with van der Waals surface area (Å²) in [6, 6.07) is 5.97. The van der Waals surface area contributed by atoms with Gasteiger partial charge in [-0.25, -0.2) is 4.98 Å². The van der Waals surface area contributed by atoms with Gasteiger partial charge in [0.25, 0.3) is 0 Å². The van der Waals surface area contributed by atoms with Crippen LogP contribution in [0.5, 0.6) is 0 Å². The molecule has 5 heteroatoms. The lowest BCUT2D eigenvalue weighted by atomic mass is 9.98. The monoisotopic (exact) mass is 257 g/mol. The van der Waals surface area contributed by atoms with Gasteiger partial charge in [-0.15, -0.1) is 0 Å². The van der Waals surface area contributed by atoms with Crippen molar-refractivity contribution in [2.24, 2.45) is 5.73 Å². The number of hydrogen-bond acceptors (Lipinski definition) is 4. The van der Waals surface area contributed by atoms with E-state index < -0.39 is 0 Å². The second kappa shape index (κ2) is 4.51. The van der Waals surface area contributed by atoms with Gasteiger partial charge >= 0.3 is 0 Å². The van der Waals surface area contributed by atoms with E-state index in [-0.39, 0.29) is 5.91 Å². The SMILES string of the molecule is CN1C(=O)CCc2cc(-c3coc(CN)n3)ccc21. The van der Waals surface area contributed by atoms with Crippen molar-refractivity contribution in [2.45, 2.75) is 19.4 Å². The topological polar surface area (TPSA) is 72.4 Å². The molecule has 1 aliphatic heterocycles. The van der Waals surface area contributed by atoms with Gasteiger partial charge < -0.3 is 15.1 Å². The van der Waals surface area contributed by atoms with Crippen molar-refractivity contribution in [3.63, 3.8) is 0 Å². The molecule has 1 aromatic heterocycles. The lowest BCUT2D eigenvalue weighted by Gasteiger charge is -2.25. The van der Waals surface area contributed by atoms with Gasteiger partial charge in [-0.05, 0) is 24.1 Å². The summed E-state index contributed by atoms with van der Waals surface area (Å²) >= 11 is 0. The first kappa shape index (κ1) is 11.9. The molecule has 2 heterocycles. The molecule has 19 heavy (non-hydrogen) atoms. The molecule has 0 aliphatic carbocycles. The Bertz CT molecular complexity index is 633. The van der Waals surface area contributed by atoms with Crippen molar-refractivity contribution in [1.29, 1.82) is 0 Å². The average Bonchev–Trinajstić information content (AvgIpc) is 2.91. The normalized spacial score (nSPS) is 14.6. The number of nitrogens with two attached hydrogens (primary N) is 1. The Kier molecular flexibility index (Phi) is 2.83. The van der Waals surface area contributed by atoms with Crippen LogP contribution in [0.25, 0.3) is 11.3 Å². The number of hydrogen-bond donors (Lipinski definition) is 1. The van der Waals surface area contributed by atoms with Crippen LogP contribution in [0.3, 0.4) is 0 Å². The van der Waals surface area contributed by atoms with E-state index in [0.29, 0.717) is 18.9 Å². The zero-order valence-electron chi connectivity index (χ0n) is 10.7. The Morgan fingerprint density at radius 2 is 2.26 bits per heavy atom. The van der Waals surface area contributed by atoms with E-state index in [9.17, 15) is 4.79 Å². The highest BCUT2D eigenvalue weighted by Gasteiger charge is 2.21. The number of nitrogens with zero attached hydrogens (tertiary/aromatic N) is 2. The van der Waals surface area contributed by atoms with Gasteiger partial charge in [0.05, 0.1) is 6.54 Å². The number of oxazole rings is 1. The van der Waals surface area contributed by atoms with Crippen molar-refractivity contribution >= 4 is 11.6 Å². The third-order valence-corrected chi connectivity index (χ3v) is 3.45. The van der Waals surface area contributed by atoms with E-state index in [1.165, 1.54) is 0 Å². The molecule has 0 fully saturated rings. The average molecular weight is 257 g/mol. The standard InChI is InChI=1S/C14H15N3O2/c1-17-12-4-2-9(6-10(12)3-5-14(17)18)11-8-19-13(7-15)16-11/h2,4,6,8H,3,5,7,15H2,1H3. The molecule has 0 radical (unpaired) electrons. The fourth-order valence-electron chi connectivity index (χ4n) is 2.35. The molecule has 0 spiro atoms. The van der Waals surface area contributed by atoms with E-state index in [2.05, 4.69) is 11.1 Å². The number of benzene rings is 1. The van der Waals surface area contributed by atoms with E-state index in [1.54, 1.807) is 11.2 Å². The smallest absolute Gasteiger partial charge is 0.227 e. The number of aryl methyl sites for hydroxylation is 1. The van der Waals surface area contributed by atoms with Gasteiger partial charge in [-0.2, -0.15) is 0 Å². The van der Waals surface area contributed by atoms with Crippen LogP contribution in [0.15, 0.2) is 28.9 Å². The first-order valence-electron chi connectivity index (χ1n) is 6.23. The van der Waals surface area contributed by atoms with Crippen LogP contribution in [0.2, 0.25) is 0 Å². The third-order valence-electron chi connectivity index (χ3n) is 3.45. The molecule has 3 rings (SSSR count). The number of carbonyl (C=O) groups excluding carboxylic acids is 1. The maximum Gasteiger partial charge on any atom is 0.227 e. The number of aromatic nitrogens is 1. The first-order chi connectivity index (χ1) is 9.19. The van der Waals surface area contributed by atoms with Crippen molar-refractivity contribution in [3.05, 3.63) is 35.9 Å². The third kappa shape index (κ3) is 2.02. The zero-order chi connectivity index (χ0) is 13.4. The fourth-order valence-corrected chi connectivity index (χ4v) is 2.35. The van der Waals surface area contributed by atoms with Gasteiger partial charge in [0.2, 0.25) is 11.8 Å². The van der Waals surface area contributed by atoms with Crippen LogP contribution in [0.1, 0.15) is 17.9 Å². The molecular weight excluding hydrogens is 242 g/mol. The van der Waals surface area contributed by atoms with Crippen molar-refractivity contribution in [3.8, 4) is 11.3 Å². The molecule has 0 unspecified atom stereocenters. The molecule has 0 atom stereocenters. The molecule has 0 saturated carbocycles. The highest BCUT2D eigenvalue weighted by atomic mass is 16.3. The minimum Gasteiger partial charge on any atom is -0.447 e. The van der Waals surface area contributed by atoms with Crippen molar-refractivity contribution in [2.75, 3.05) is 11.9 Å². The summed E-state index contributed by atoms with van der Waals surface area (Å²) in [5, 5.41) is 0. The summed E-state index contributed by atoms with van der Waals surface area (Å²) in [7, 11) is 1.81. The number of anilines is 1. The highest BCUT2D eigenvalue weighted by Crippen LogP contribution is 2.30. The second-order valence-electron chi connectivity index (χ2n) is 4.63. The summed E-state index contributed by atoms with van der Waals surface area (Å²) in [5.41, 5.74) is 9.39. The molecule has 2 N–H and O–H groups in total. The summed E-state index contributed by atoms with van der Waals surface area (Å²) in [5.74, 6) is 0.687. The minimum atomic E-state index is 0.159. The van der Waals surface area contributed by atoms with Crippen molar-refractivity contribution in [1.82, 2.24) is 4.98 Å². The molecule has 5 nitrogen and oxygen atoms in total. The van der Waals surface area contributed by atoms with Gasteiger partial charge in [0.15, 0.2) is 0 Å². The lowest BCUT2D eigenvalue weighted by molar-refractivity contribution is -0.118. The van der Waals surface area contributed by atoms with Gasteiger partial charge in [0.1, 0.15) is 12.0 Å². The molecular formula is C14H15N3O2. The van der Waals surface area contributed by atoms with Crippen LogP contribution in [0.4, 0.5) is 5.69 Å². The predicted molar refractivity (Wildman–Crippen MR) is 71.6 cm³/mol. The Balaban J connectivity index is 1.99. The molecule has 98 valence electrons. The number of fused-ring (bicyclic) bond motifs is 1. The van der Waals surface area contributed by atoms with E-state index in [0.717, 1.165) is 28.9 Å². The Morgan fingerprint density at radius 1 is 1.42 bits per heavy atom. The Hall–Kier alpha value is -2.14. The number of rotatable bonds is 2. The molecule has 0 saturated heterocycles. The molecule has 1 aromatic carbocycles. The zero-order valence-corrected chi connectivity index (χ0v) is 10.7. The van der Waals surface area contributed by atoms with Crippen molar-refractivity contribution < 1.29 is 9.21 Å². The largest absolute Gasteiger partial charge is 0.447 e. The maximum atomic E-state index is 11.6. The molecule has 0 bridgehead atoms. The van der Waals surface area contributed by atoms with Crippen LogP contribution < -0.4 is 10.6 Å². The van der Waals surface area contributed by atoms with E-state index in [1.807, 2.05) is 19.2 Å². The van der Waals surface area contributed by atoms with Crippen LogP contribution in [-0.4, -0.2) is 17.9 Å². The summed E-state index contributed by atoms with van der Waals surface area (Å²) in [6.45, 7) is 0.294. The first-order valence-corrected chi connectivity index (χ1v) is 6.23. The minimum absolute atomic E-state index is 0.159. The summed E-state index contributed by atoms with van der Waals surface area (Å²) in [6.07, 6.45) is 2.94. The Labute approximate surface area is 111 Å². The maximum absolute atomic E-state index is 11.6. The van der Waals surface area contributed by atoms with E-state index >= 15 is 0 Å². The van der Waals surface area contributed by atoms with Crippen LogP contribution >= 0.6 is 0 Å². The number of amides is 1. The van der Waals surface area contributed by atoms with Crippen LogP contribution in [0, 0.1) is 0 Å².